The zero-order chi connectivity index (χ0) is 14.5. The van der Waals surface area contributed by atoms with Crippen molar-refractivity contribution in [2.75, 3.05) is 17.2 Å². The topological polar surface area (TPSA) is 41.1 Å². The minimum atomic E-state index is -0.444. The second-order valence-electron chi connectivity index (χ2n) is 4.34. The summed E-state index contributed by atoms with van der Waals surface area (Å²) in [4.78, 5) is 11.8. The van der Waals surface area contributed by atoms with Crippen LogP contribution in [0.3, 0.4) is 0 Å². The van der Waals surface area contributed by atoms with E-state index in [9.17, 15) is 9.18 Å². The molecule has 0 aliphatic rings. The fraction of sp³-hybridized carbons (Fsp3) is 0.133. The molecule has 0 heterocycles. The molecule has 0 spiro atoms. The monoisotopic (exact) mass is 336 g/mol. The van der Waals surface area contributed by atoms with Crippen molar-refractivity contribution >= 4 is 33.2 Å². The number of para-hydroxylation sites is 1. The van der Waals surface area contributed by atoms with Gasteiger partial charge in [-0.2, -0.15) is 0 Å². The molecule has 0 atom stereocenters. The Labute approximate surface area is 125 Å². The molecule has 2 aromatic carbocycles. The third kappa shape index (κ3) is 3.81. The van der Waals surface area contributed by atoms with Gasteiger partial charge in [0.2, 0.25) is 5.91 Å². The molecule has 0 aromatic heterocycles. The lowest BCUT2D eigenvalue weighted by Crippen LogP contribution is -2.22. The Morgan fingerprint density at radius 2 is 1.95 bits per heavy atom. The first-order chi connectivity index (χ1) is 9.56. The van der Waals surface area contributed by atoms with Gasteiger partial charge in [-0.1, -0.05) is 28.1 Å². The van der Waals surface area contributed by atoms with E-state index in [1.807, 2.05) is 25.1 Å². The van der Waals surface area contributed by atoms with Crippen LogP contribution in [0.2, 0.25) is 0 Å². The lowest BCUT2D eigenvalue weighted by atomic mass is 10.2. The Bertz CT molecular complexity index is 631. The molecule has 5 heteroatoms. The molecular formula is C15H14BrFN2O. The number of aryl methyl sites for hydroxylation is 1. The van der Waals surface area contributed by atoms with Crippen LogP contribution in [0.4, 0.5) is 15.8 Å². The summed E-state index contributed by atoms with van der Waals surface area (Å²) in [5.41, 5.74) is 2.08. The lowest BCUT2D eigenvalue weighted by Gasteiger charge is -2.10. The Balaban J connectivity index is 1.94. The predicted octanol–water partition coefficient (Wildman–Crippen LogP) is 3.95. The average molecular weight is 337 g/mol. The van der Waals surface area contributed by atoms with Gasteiger partial charge in [0.25, 0.3) is 0 Å². The van der Waals surface area contributed by atoms with Crippen molar-refractivity contribution < 1.29 is 9.18 Å². The van der Waals surface area contributed by atoms with E-state index in [-0.39, 0.29) is 18.1 Å². The van der Waals surface area contributed by atoms with Crippen LogP contribution >= 0.6 is 15.9 Å². The maximum atomic E-state index is 13.4. The van der Waals surface area contributed by atoms with Crippen LogP contribution in [0, 0.1) is 12.7 Å². The van der Waals surface area contributed by atoms with E-state index in [2.05, 4.69) is 26.6 Å². The second-order valence-corrected chi connectivity index (χ2v) is 5.26. The number of hydrogen-bond acceptors (Lipinski definition) is 2. The molecule has 2 rings (SSSR count). The summed E-state index contributed by atoms with van der Waals surface area (Å²) in [5.74, 6) is -0.738. The van der Waals surface area contributed by atoms with Crippen LogP contribution in [0.1, 0.15) is 5.56 Å². The van der Waals surface area contributed by atoms with Crippen molar-refractivity contribution in [3.63, 3.8) is 0 Å². The highest BCUT2D eigenvalue weighted by molar-refractivity contribution is 9.10. The summed E-state index contributed by atoms with van der Waals surface area (Å²) in [5, 5.41) is 5.55. The summed E-state index contributed by atoms with van der Waals surface area (Å²) in [7, 11) is 0. The lowest BCUT2D eigenvalue weighted by molar-refractivity contribution is -0.114. The average Bonchev–Trinajstić information content (AvgIpc) is 2.40. The molecule has 0 radical (unpaired) electrons. The summed E-state index contributed by atoms with van der Waals surface area (Å²) in [6.07, 6.45) is 0. The van der Waals surface area contributed by atoms with Gasteiger partial charge in [-0.15, -0.1) is 0 Å². The molecule has 104 valence electrons. The van der Waals surface area contributed by atoms with Crippen LogP contribution in [-0.2, 0) is 4.79 Å². The number of carbonyl (C=O) groups is 1. The molecule has 0 saturated carbocycles. The number of amides is 1. The molecule has 0 saturated heterocycles. The van der Waals surface area contributed by atoms with Gasteiger partial charge in [0.1, 0.15) is 5.82 Å². The van der Waals surface area contributed by atoms with Crippen LogP contribution in [-0.4, -0.2) is 12.5 Å². The fourth-order valence-corrected chi connectivity index (χ4v) is 2.23. The SMILES string of the molecule is Cc1cc(Br)ccc1NCC(=O)Nc1ccccc1F. The number of rotatable bonds is 4. The zero-order valence-electron chi connectivity index (χ0n) is 10.9. The third-order valence-electron chi connectivity index (χ3n) is 2.78. The van der Waals surface area contributed by atoms with E-state index in [1.165, 1.54) is 12.1 Å². The number of hydrogen-bond donors (Lipinski definition) is 2. The van der Waals surface area contributed by atoms with Gasteiger partial charge in [-0.05, 0) is 42.8 Å². The standard InChI is InChI=1S/C15H14BrFN2O/c1-10-8-11(16)6-7-13(10)18-9-15(20)19-14-5-3-2-4-12(14)17/h2-8,18H,9H2,1H3,(H,19,20). The van der Waals surface area contributed by atoms with Gasteiger partial charge in [-0.3, -0.25) is 4.79 Å². The van der Waals surface area contributed by atoms with Gasteiger partial charge in [0.15, 0.2) is 0 Å². The maximum Gasteiger partial charge on any atom is 0.243 e. The van der Waals surface area contributed by atoms with Gasteiger partial charge in [0.05, 0.1) is 12.2 Å². The number of benzene rings is 2. The molecule has 0 aliphatic heterocycles. The van der Waals surface area contributed by atoms with E-state index >= 15 is 0 Å². The zero-order valence-corrected chi connectivity index (χ0v) is 12.5. The summed E-state index contributed by atoms with van der Waals surface area (Å²) < 4.78 is 14.4. The first-order valence-electron chi connectivity index (χ1n) is 6.10. The minimum absolute atomic E-state index is 0.0802. The Morgan fingerprint density at radius 1 is 1.20 bits per heavy atom. The quantitative estimate of drug-likeness (QED) is 0.887. The van der Waals surface area contributed by atoms with Crippen molar-refractivity contribution in [2.24, 2.45) is 0 Å². The van der Waals surface area contributed by atoms with E-state index in [1.54, 1.807) is 12.1 Å². The van der Waals surface area contributed by atoms with Crippen molar-refractivity contribution in [3.05, 3.63) is 58.3 Å². The van der Waals surface area contributed by atoms with E-state index in [4.69, 9.17) is 0 Å². The van der Waals surface area contributed by atoms with Gasteiger partial charge >= 0.3 is 0 Å². The number of halogens is 2. The van der Waals surface area contributed by atoms with E-state index < -0.39 is 5.82 Å². The molecule has 2 N–H and O–H groups in total. The van der Waals surface area contributed by atoms with Crippen LogP contribution < -0.4 is 10.6 Å². The largest absolute Gasteiger partial charge is 0.376 e. The molecule has 20 heavy (non-hydrogen) atoms. The Morgan fingerprint density at radius 3 is 2.65 bits per heavy atom. The molecule has 0 bridgehead atoms. The van der Waals surface area contributed by atoms with Crippen molar-refractivity contribution in [2.45, 2.75) is 6.92 Å². The van der Waals surface area contributed by atoms with Gasteiger partial charge < -0.3 is 10.6 Å². The summed E-state index contributed by atoms with van der Waals surface area (Å²) >= 11 is 3.38. The maximum absolute atomic E-state index is 13.4. The van der Waals surface area contributed by atoms with Crippen LogP contribution in [0.25, 0.3) is 0 Å². The van der Waals surface area contributed by atoms with E-state index in [0.717, 1.165) is 15.7 Å². The second kappa shape index (κ2) is 6.52. The first kappa shape index (κ1) is 14.5. The highest BCUT2D eigenvalue weighted by Crippen LogP contribution is 2.19. The van der Waals surface area contributed by atoms with Crippen LogP contribution in [0.15, 0.2) is 46.9 Å². The van der Waals surface area contributed by atoms with Crippen molar-refractivity contribution in [1.29, 1.82) is 0 Å². The third-order valence-corrected chi connectivity index (χ3v) is 3.27. The molecule has 1 amide bonds. The van der Waals surface area contributed by atoms with Gasteiger partial charge in [0, 0.05) is 10.2 Å². The highest BCUT2D eigenvalue weighted by Gasteiger charge is 2.06. The normalized spacial score (nSPS) is 10.2. The number of anilines is 2. The summed E-state index contributed by atoms with van der Waals surface area (Å²) in [6.45, 7) is 2.03. The van der Waals surface area contributed by atoms with Crippen LogP contribution in [0.5, 0.6) is 0 Å². The van der Waals surface area contributed by atoms with Gasteiger partial charge in [-0.25, -0.2) is 4.39 Å². The first-order valence-corrected chi connectivity index (χ1v) is 6.90. The molecule has 0 fully saturated rings. The minimum Gasteiger partial charge on any atom is -0.376 e. The van der Waals surface area contributed by atoms with E-state index in [0.29, 0.717) is 0 Å². The molecule has 2 aromatic rings. The molecule has 3 nitrogen and oxygen atoms in total. The molecule has 0 unspecified atom stereocenters. The Hall–Kier alpha value is -1.88. The fourth-order valence-electron chi connectivity index (χ4n) is 1.76. The van der Waals surface area contributed by atoms with Crippen molar-refractivity contribution in [3.8, 4) is 0 Å². The molecular weight excluding hydrogens is 323 g/mol. The van der Waals surface area contributed by atoms with Crippen molar-refractivity contribution in [1.82, 2.24) is 0 Å². The smallest absolute Gasteiger partial charge is 0.243 e. The highest BCUT2D eigenvalue weighted by atomic mass is 79.9. The number of nitrogens with one attached hydrogen (secondary N) is 2. The predicted molar refractivity (Wildman–Crippen MR) is 82.4 cm³/mol. The Kier molecular flexibility index (Phi) is 4.74. The number of carbonyl (C=O) groups excluding carboxylic acids is 1. The summed E-state index contributed by atoms with van der Waals surface area (Å²) in [6, 6.07) is 11.8. The molecule has 0 aliphatic carbocycles.